The summed E-state index contributed by atoms with van der Waals surface area (Å²) in [6.07, 6.45) is 2.66. The van der Waals surface area contributed by atoms with Gasteiger partial charge in [0, 0.05) is 16.6 Å². The first-order chi connectivity index (χ1) is 19.9. The molecule has 6 nitrogen and oxygen atoms in total. The fraction of sp³-hybridized carbons (Fsp3) is 0.250. The van der Waals surface area contributed by atoms with Crippen molar-refractivity contribution in [3.63, 3.8) is 0 Å². The highest BCUT2D eigenvalue weighted by Crippen LogP contribution is 2.33. The maximum absolute atomic E-state index is 13.5. The second-order valence-corrected chi connectivity index (χ2v) is 12.0. The number of aromatic nitrogens is 2. The molecule has 41 heavy (non-hydrogen) atoms. The van der Waals surface area contributed by atoms with E-state index in [1.54, 1.807) is 24.3 Å². The van der Waals surface area contributed by atoms with Crippen molar-refractivity contribution in [2.75, 3.05) is 17.6 Å². The summed E-state index contributed by atoms with van der Waals surface area (Å²) in [6.45, 7) is 6.32. The van der Waals surface area contributed by atoms with Crippen LogP contribution >= 0.6 is 23.4 Å². The third kappa shape index (κ3) is 8.00. The Bertz CT molecular complexity index is 1610. The van der Waals surface area contributed by atoms with Crippen molar-refractivity contribution in [3.8, 4) is 17.1 Å². The molecular weight excluding hydrogens is 559 g/mol. The minimum Gasteiger partial charge on any atom is -0.487 e. The maximum atomic E-state index is 13.5. The topological polar surface area (TPSA) is 72.2 Å². The molecule has 0 unspecified atom stereocenters. The van der Waals surface area contributed by atoms with E-state index in [0.717, 1.165) is 58.0 Å². The van der Waals surface area contributed by atoms with E-state index in [4.69, 9.17) is 20.8 Å². The molecule has 2 aromatic heterocycles. The van der Waals surface area contributed by atoms with Crippen LogP contribution in [0.2, 0.25) is 5.02 Å². The molecule has 2 heterocycles. The standard InChI is InChI=1S/C32H32ClFN4O2S/c1-21(2)41-14-4-13-35-18-26-9-12-30(40-26)23-7-10-29-27(16-23)32(37-20-36-29)38-25-8-11-31(28(33)17-25)39-19-22-5-3-6-24(34)15-22/h3,5-12,15-17,20-21,35H,4,13-14,18-19H2,1-2H3,(H,36,37,38). The lowest BCUT2D eigenvalue weighted by Crippen LogP contribution is -2.15. The minimum absolute atomic E-state index is 0.214. The Morgan fingerprint density at radius 1 is 1.02 bits per heavy atom. The summed E-state index contributed by atoms with van der Waals surface area (Å²) in [6, 6.07) is 21.7. The highest BCUT2D eigenvalue weighted by Gasteiger charge is 2.11. The number of halogens is 2. The van der Waals surface area contributed by atoms with Crippen molar-refractivity contribution in [3.05, 3.63) is 101 Å². The van der Waals surface area contributed by atoms with E-state index in [-0.39, 0.29) is 12.4 Å². The lowest BCUT2D eigenvalue weighted by Gasteiger charge is -2.12. The lowest BCUT2D eigenvalue weighted by molar-refractivity contribution is 0.306. The number of nitrogens with one attached hydrogen (secondary N) is 2. The van der Waals surface area contributed by atoms with Crippen molar-refractivity contribution in [2.24, 2.45) is 0 Å². The smallest absolute Gasteiger partial charge is 0.141 e. The zero-order valence-electron chi connectivity index (χ0n) is 23.0. The Morgan fingerprint density at radius 3 is 2.76 bits per heavy atom. The predicted octanol–water partition coefficient (Wildman–Crippen LogP) is 8.63. The molecular formula is C32H32ClFN4O2S. The highest BCUT2D eigenvalue weighted by molar-refractivity contribution is 7.99. The normalized spacial score (nSPS) is 11.3. The second-order valence-electron chi connectivity index (χ2n) is 9.86. The van der Waals surface area contributed by atoms with E-state index in [1.807, 2.05) is 48.2 Å². The molecule has 5 aromatic rings. The van der Waals surface area contributed by atoms with Crippen molar-refractivity contribution in [1.29, 1.82) is 0 Å². The molecule has 5 rings (SSSR count). The molecule has 0 radical (unpaired) electrons. The number of thioether (sulfide) groups is 1. The van der Waals surface area contributed by atoms with Gasteiger partial charge in [0.1, 0.15) is 41.8 Å². The van der Waals surface area contributed by atoms with Crippen LogP contribution in [0.25, 0.3) is 22.2 Å². The summed E-state index contributed by atoms with van der Waals surface area (Å²) in [5.74, 6) is 3.70. The number of anilines is 2. The van der Waals surface area contributed by atoms with E-state index in [1.165, 1.54) is 18.5 Å². The van der Waals surface area contributed by atoms with Gasteiger partial charge in [0.25, 0.3) is 0 Å². The Balaban J connectivity index is 1.25. The van der Waals surface area contributed by atoms with Gasteiger partial charge in [-0.05, 0) is 90.2 Å². The molecule has 0 fully saturated rings. The molecule has 2 N–H and O–H groups in total. The minimum atomic E-state index is -0.302. The van der Waals surface area contributed by atoms with Gasteiger partial charge in [-0.2, -0.15) is 11.8 Å². The highest BCUT2D eigenvalue weighted by atomic mass is 35.5. The van der Waals surface area contributed by atoms with Crippen LogP contribution in [0.3, 0.4) is 0 Å². The number of hydrogen-bond donors (Lipinski definition) is 2. The number of furan rings is 1. The molecule has 0 bridgehead atoms. The summed E-state index contributed by atoms with van der Waals surface area (Å²) >= 11 is 8.48. The zero-order chi connectivity index (χ0) is 28.6. The molecule has 0 spiro atoms. The average molecular weight is 591 g/mol. The molecule has 0 saturated carbocycles. The maximum Gasteiger partial charge on any atom is 0.141 e. The number of fused-ring (bicyclic) bond motifs is 1. The summed E-state index contributed by atoms with van der Waals surface area (Å²) < 4.78 is 25.4. The molecule has 0 aliphatic rings. The van der Waals surface area contributed by atoms with Crippen LogP contribution in [-0.4, -0.2) is 27.5 Å². The van der Waals surface area contributed by atoms with Gasteiger partial charge in [-0.25, -0.2) is 14.4 Å². The van der Waals surface area contributed by atoms with Gasteiger partial charge < -0.3 is 19.8 Å². The van der Waals surface area contributed by atoms with Crippen LogP contribution in [-0.2, 0) is 13.2 Å². The lowest BCUT2D eigenvalue weighted by atomic mass is 10.1. The van der Waals surface area contributed by atoms with Crippen LogP contribution in [0.4, 0.5) is 15.9 Å². The van der Waals surface area contributed by atoms with Crippen LogP contribution in [0.15, 0.2) is 83.5 Å². The Morgan fingerprint density at radius 2 is 1.93 bits per heavy atom. The Labute approximate surface area is 248 Å². The molecule has 212 valence electrons. The first kappa shape index (κ1) is 28.9. The van der Waals surface area contributed by atoms with Crippen LogP contribution < -0.4 is 15.4 Å². The van der Waals surface area contributed by atoms with Crippen LogP contribution in [0.5, 0.6) is 5.75 Å². The Kier molecular flexibility index (Phi) is 9.77. The third-order valence-corrected chi connectivity index (χ3v) is 7.79. The first-order valence-corrected chi connectivity index (χ1v) is 15.0. The van der Waals surface area contributed by atoms with Crippen LogP contribution in [0.1, 0.15) is 31.6 Å². The van der Waals surface area contributed by atoms with E-state index in [2.05, 4.69) is 34.4 Å². The third-order valence-electron chi connectivity index (χ3n) is 6.31. The van der Waals surface area contributed by atoms with Crippen molar-refractivity contribution >= 4 is 45.8 Å². The van der Waals surface area contributed by atoms with E-state index in [0.29, 0.717) is 28.4 Å². The average Bonchev–Trinajstić information content (AvgIpc) is 3.43. The molecule has 0 aliphatic heterocycles. The van der Waals surface area contributed by atoms with Crippen molar-refractivity contribution in [2.45, 2.75) is 38.7 Å². The van der Waals surface area contributed by atoms with Gasteiger partial charge in [-0.3, -0.25) is 0 Å². The zero-order valence-corrected chi connectivity index (χ0v) is 24.6. The predicted molar refractivity (Wildman–Crippen MR) is 167 cm³/mol. The van der Waals surface area contributed by atoms with Crippen molar-refractivity contribution < 1.29 is 13.5 Å². The molecule has 0 saturated heterocycles. The first-order valence-electron chi connectivity index (χ1n) is 13.5. The molecule has 9 heteroatoms. The largest absolute Gasteiger partial charge is 0.487 e. The Hall–Kier alpha value is -3.59. The van der Waals surface area contributed by atoms with E-state index in [9.17, 15) is 4.39 Å². The number of benzene rings is 3. The quantitative estimate of drug-likeness (QED) is 0.133. The van der Waals surface area contributed by atoms with Gasteiger partial charge in [0.05, 0.1) is 17.1 Å². The van der Waals surface area contributed by atoms with Gasteiger partial charge >= 0.3 is 0 Å². The number of rotatable bonds is 13. The molecule has 0 atom stereocenters. The van der Waals surface area contributed by atoms with Gasteiger partial charge in [-0.1, -0.05) is 37.6 Å². The van der Waals surface area contributed by atoms with Gasteiger partial charge in [0.15, 0.2) is 0 Å². The van der Waals surface area contributed by atoms with Crippen molar-refractivity contribution in [1.82, 2.24) is 15.3 Å². The fourth-order valence-corrected chi connectivity index (χ4v) is 5.30. The number of nitrogens with zero attached hydrogens (tertiary/aromatic N) is 2. The molecule has 0 aliphatic carbocycles. The number of hydrogen-bond acceptors (Lipinski definition) is 7. The van der Waals surface area contributed by atoms with Crippen LogP contribution in [0, 0.1) is 5.82 Å². The monoisotopic (exact) mass is 590 g/mol. The molecule has 0 amide bonds. The SMILES string of the molecule is CC(C)SCCCNCc1ccc(-c2ccc3ncnc(Nc4ccc(OCc5cccc(F)c5)c(Cl)c4)c3c2)o1. The van der Waals surface area contributed by atoms with E-state index >= 15 is 0 Å². The summed E-state index contributed by atoms with van der Waals surface area (Å²) in [5, 5.41) is 8.76. The summed E-state index contributed by atoms with van der Waals surface area (Å²) in [4.78, 5) is 8.90. The van der Waals surface area contributed by atoms with Gasteiger partial charge in [0.2, 0.25) is 0 Å². The molecule has 3 aromatic carbocycles. The summed E-state index contributed by atoms with van der Waals surface area (Å²) in [7, 11) is 0. The fourth-order valence-electron chi connectivity index (χ4n) is 4.29. The summed E-state index contributed by atoms with van der Waals surface area (Å²) in [5.41, 5.74) is 3.22. The van der Waals surface area contributed by atoms with E-state index < -0.39 is 0 Å². The number of ether oxygens (including phenoxy) is 1. The second kappa shape index (κ2) is 13.9. The van der Waals surface area contributed by atoms with Gasteiger partial charge in [-0.15, -0.1) is 0 Å².